The second-order valence-electron chi connectivity index (χ2n) is 7.31. The largest absolute Gasteiger partial charge is 0.573 e. The Morgan fingerprint density at radius 3 is 2.45 bits per heavy atom. The molecule has 1 aliphatic rings. The molecule has 0 radical (unpaired) electrons. The van der Waals surface area contributed by atoms with Gasteiger partial charge in [-0.3, -0.25) is 4.99 Å². The van der Waals surface area contributed by atoms with Gasteiger partial charge in [-0.2, -0.15) is 0 Å². The summed E-state index contributed by atoms with van der Waals surface area (Å²) in [6.45, 7) is 4.21. The van der Waals surface area contributed by atoms with E-state index in [4.69, 9.17) is 4.74 Å². The number of benzene rings is 1. The van der Waals surface area contributed by atoms with E-state index in [0.29, 0.717) is 31.2 Å². The Balaban J connectivity index is 1.90. The van der Waals surface area contributed by atoms with E-state index >= 15 is 0 Å². The monoisotopic (exact) mass is 417 g/mol. The van der Waals surface area contributed by atoms with Gasteiger partial charge in [0.1, 0.15) is 5.75 Å². The van der Waals surface area contributed by atoms with Crippen molar-refractivity contribution in [2.75, 3.05) is 33.4 Å². The summed E-state index contributed by atoms with van der Waals surface area (Å²) in [5.41, 5.74) is 0.670. The van der Waals surface area contributed by atoms with E-state index in [1.165, 1.54) is 30.7 Å². The average molecular weight is 417 g/mol. The lowest BCUT2D eigenvalue weighted by Gasteiger charge is -2.40. The van der Waals surface area contributed by atoms with Crippen molar-refractivity contribution >= 4 is 5.96 Å². The Hall–Kier alpha value is -2.00. The van der Waals surface area contributed by atoms with Gasteiger partial charge in [-0.25, -0.2) is 0 Å². The van der Waals surface area contributed by atoms with Crippen molar-refractivity contribution in [3.63, 3.8) is 0 Å². The zero-order valence-electron chi connectivity index (χ0n) is 16.9. The minimum atomic E-state index is -4.74. The first-order valence-electron chi connectivity index (χ1n) is 9.82. The molecule has 1 fully saturated rings. The molecule has 6 nitrogen and oxygen atoms in total. The summed E-state index contributed by atoms with van der Waals surface area (Å²) in [5.74, 6) is 0.283. The smallest absolute Gasteiger partial charge is 0.406 e. The summed E-state index contributed by atoms with van der Waals surface area (Å²) >= 11 is 0. The quantitative estimate of drug-likeness (QED) is 0.402. The van der Waals surface area contributed by atoms with Crippen LogP contribution in [0.5, 0.6) is 5.75 Å². The Kier molecular flexibility index (Phi) is 8.58. The fourth-order valence-corrected chi connectivity index (χ4v) is 3.27. The van der Waals surface area contributed by atoms with Gasteiger partial charge in [-0.05, 0) is 49.3 Å². The topological polar surface area (TPSA) is 75.1 Å². The van der Waals surface area contributed by atoms with Crippen LogP contribution < -0.4 is 15.4 Å². The lowest BCUT2D eigenvalue weighted by molar-refractivity contribution is -0.274. The van der Waals surface area contributed by atoms with Gasteiger partial charge in [0.15, 0.2) is 5.96 Å². The molecule has 3 N–H and O–H groups in total. The minimum Gasteiger partial charge on any atom is -0.406 e. The zero-order chi connectivity index (χ0) is 21.3. The summed E-state index contributed by atoms with van der Waals surface area (Å²) < 4.78 is 45.7. The molecule has 1 aliphatic carbocycles. The molecular weight excluding hydrogens is 387 g/mol. The summed E-state index contributed by atoms with van der Waals surface area (Å²) in [5, 5.41) is 16.6. The highest BCUT2D eigenvalue weighted by atomic mass is 19.4. The highest BCUT2D eigenvalue weighted by Crippen LogP contribution is 2.44. The highest BCUT2D eigenvalue weighted by Gasteiger charge is 2.36. The molecular formula is C20H30F3N3O3. The van der Waals surface area contributed by atoms with Crippen molar-refractivity contribution < 1.29 is 27.8 Å². The number of nitrogens with zero attached hydrogens (tertiary/aromatic N) is 1. The second kappa shape index (κ2) is 10.7. The first-order valence-corrected chi connectivity index (χ1v) is 9.82. The molecule has 1 saturated carbocycles. The molecule has 9 heteroatoms. The van der Waals surface area contributed by atoms with Crippen LogP contribution in [-0.4, -0.2) is 50.8 Å². The van der Waals surface area contributed by atoms with Gasteiger partial charge in [-0.1, -0.05) is 18.6 Å². The van der Waals surface area contributed by atoms with Crippen LogP contribution in [0.1, 0.15) is 44.3 Å². The van der Waals surface area contributed by atoms with Gasteiger partial charge in [0.05, 0.1) is 6.10 Å². The van der Waals surface area contributed by atoms with Gasteiger partial charge < -0.3 is 25.2 Å². The minimum absolute atomic E-state index is 0.177. The Labute approximate surface area is 169 Å². The molecule has 0 saturated heterocycles. The summed E-state index contributed by atoms with van der Waals surface area (Å²) in [7, 11) is 1.70. The number of hydrogen-bond donors (Lipinski definition) is 3. The molecule has 164 valence electrons. The number of methoxy groups -OCH3 is 1. The van der Waals surface area contributed by atoms with Crippen molar-refractivity contribution in [3.8, 4) is 5.75 Å². The SMILES string of the molecule is CCNC(=NCC1(CCOC)CCC1)NCC(O)c1ccc(OC(F)(F)F)cc1. The summed E-state index contributed by atoms with van der Waals surface area (Å²) in [6, 6.07) is 5.18. The molecule has 0 spiro atoms. The maximum atomic E-state index is 12.2. The molecule has 1 atom stereocenters. The van der Waals surface area contributed by atoms with Crippen LogP contribution in [0, 0.1) is 5.41 Å². The van der Waals surface area contributed by atoms with Gasteiger partial charge in [-0.15, -0.1) is 13.2 Å². The number of ether oxygens (including phenoxy) is 2. The Morgan fingerprint density at radius 2 is 1.93 bits per heavy atom. The van der Waals surface area contributed by atoms with E-state index in [1.807, 2.05) is 6.92 Å². The van der Waals surface area contributed by atoms with E-state index in [2.05, 4.69) is 20.4 Å². The molecule has 1 unspecified atom stereocenters. The Bertz CT molecular complexity index is 647. The predicted octanol–water partition coefficient (Wildman–Crippen LogP) is 3.38. The van der Waals surface area contributed by atoms with Crippen LogP contribution in [0.2, 0.25) is 0 Å². The maximum absolute atomic E-state index is 12.2. The first kappa shape index (κ1) is 23.3. The predicted molar refractivity (Wildman–Crippen MR) is 105 cm³/mol. The van der Waals surface area contributed by atoms with Gasteiger partial charge in [0.25, 0.3) is 0 Å². The van der Waals surface area contributed by atoms with Gasteiger partial charge in [0.2, 0.25) is 0 Å². The zero-order valence-corrected chi connectivity index (χ0v) is 16.9. The Morgan fingerprint density at radius 1 is 1.24 bits per heavy atom. The maximum Gasteiger partial charge on any atom is 0.573 e. The molecule has 0 aromatic heterocycles. The van der Waals surface area contributed by atoms with Crippen molar-refractivity contribution in [3.05, 3.63) is 29.8 Å². The van der Waals surface area contributed by atoms with Crippen LogP contribution in [-0.2, 0) is 4.74 Å². The number of halogens is 3. The highest BCUT2D eigenvalue weighted by molar-refractivity contribution is 5.79. The molecule has 0 aliphatic heterocycles. The standard InChI is InChI=1S/C20H30F3N3O3/c1-3-24-18(26-14-19(9-4-10-19)11-12-28-2)25-13-17(27)15-5-7-16(8-6-15)29-20(21,22)23/h5-8,17,27H,3-4,9-14H2,1-2H3,(H2,24,25,26). The summed E-state index contributed by atoms with van der Waals surface area (Å²) in [6.07, 6.45) is -1.19. The third-order valence-electron chi connectivity index (χ3n) is 5.13. The van der Waals surface area contributed by atoms with Crippen LogP contribution in [0.15, 0.2) is 29.3 Å². The van der Waals surface area contributed by atoms with E-state index in [1.54, 1.807) is 7.11 Å². The number of aliphatic imine (C=N–C) groups is 1. The molecule has 0 bridgehead atoms. The lowest BCUT2D eigenvalue weighted by atomic mass is 9.67. The van der Waals surface area contributed by atoms with E-state index < -0.39 is 12.5 Å². The number of nitrogens with one attached hydrogen (secondary N) is 2. The van der Waals surface area contributed by atoms with Crippen molar-refractivity contribution in [2.45, 2.75) is 45.1 Å². The van der Waals surface area contributed by atoms with E-state index in [-0.39, 0.29) is 17.7 Å². The average Bonchev–Trinajstić information content (AvgIpc) is 2.64. The number of hydrogen-bond acceptors (Lipinski definition) is 4. The molecule has 0 amide bonds. The van der Waals surface area contributed by atoms with Crippen LogP contribution in [0.25, 0.3) is 0 Å². The lowest BCUT2D eigenvalue weighted by Crippen LogP contribution is -2.41. The van der Waals surface area contributed by atoms with Crippen molar-refractivity contribution in [1.82, 2.24) is 10.6 Å². The number of aliphatic hydroxyl groups excluding tert-OH is 1. The molecule has 2 rings (SSSR count). The molecule has 1 aromatic carbocycles. The van der Waals surface area contributed by atoms with Gasteiger partial charge >= 0.3 is 6.36 Å². The fourth-order valence-electron chi connectivity index (χ4n) is 3.27. The third-order valence-corrected chi connectivity index (χ3v) is 5.13. The molecule has 29 heavy (non-hydrogen) atoms. The molecule has 0 heterocycles. The third kappa shape index (κ3) is 7.74. The number of aliphatic hydroxyl groups is 1. The first-order chi connectivity index (χ1) is 13.8. The van der Waals surface area contributed by atoms with E-state index in [0.717, 1.165) is 19.3 Å². The van der Waals surface area contributed by atoms with Gasteiger partial charge in [0, 0.05) is 33.4 Å². The fraction of sp³-hybridized carbons (Fsp3) is 0.650. The number of guanidine groups is 1. The van der Waals surface area contributed by atoms with Crippen LogP contribution in [0.4, 0.5) is 13.2 Å². The second-order valence-corrected chi connectivity index (χ2v) is 7.31. The van der Waals surface area contributed by atoms with Crippen LogP contribution >= 0.6 is 0 Å². The van der Waals surface area contributed by atoms with Crippen LogP contribution in [0.3, 0.4) is 0 Å². The van der Waals surface area contributed by atoms with Crippen molar-refractivity contribution in [1.29, 1.82) is 0 Å². The van der Waals surface area contributed by atoms with Crippen molar-refractivity contribution in [2.24, 2.45) is 10.4 Å². The molecule has 1 aromatic rings. The number of alkyl halides is 3. The number of rotatable bonds is 10. The summed E-state index contributed by atoms with van der Waals surface area (Å²) in [4.78, 5) is 4.66. The van der Waals surface area contributed by atoms with E-state index in [9.17, 15) is 18.3 Å². The normalized spacial score (nSPS) is 17.4.